The Balaban J connectivity index is 2.26. The van der Waals surface area contributed by atoms with Crippen molar-refractivity contribution in [3.05, 3.63) is 22.8 Å². The van der Waals surface area contributed by atoms with E-state index in [4.69, 9.17) is 9.84 Å². The van der Waals surface area contributed by atoms with Crippen molar-refractivity contribution < 1.29 is 14.6 Å². The Kier molecular flexibility index (Phi) is 4.19. The minimum absolute atomic E-state index is 0.0295. The van der Waals surface area contributed by atoms with Crippen LogP contribution in [0.5, 0.6) is 0 Å². The number of hydrogen-bond acceptors (Lipinski definition) is 5. The van der Waals surface area contributed by atoms with Gasteiger partial charge in [-0.15, -0.1) is 0 Å². The third-order valence-corrected chi connectivity index (χ3v) is 3.86. The number of carboxylic acids is 1. The van der Waals surface area contributed by atoms with E-state index in [0.29, 0.717) is 18.0 Å². The molecule has 1 aromatic heterocycles. The summed E-state index contributed by atoms with van der Waals surface area (Å²) < 4.78 is 5.63. The van der Waals surface area contributed by atoms with Crippen molar-refractivity contribution in [1.82, 2.24) is 9.97 Å². The van der Waals surface area contributed by atoms with Crippen molar-refractivity contribution in [3.8, 4) is 0 Å². The molecule has 1 saturated heterocycles. The molecule has 98 valence electrons. The largest absolute Gasteiger partial charge is 0.481 e. The van der Waals surface area contributed by atoms with E-state index in [-0.39, 0.29) is 12.5 Å². The van der Waals surface area contributed by atoms with E-state index in [0.717, 1.165) is 22.9 Å². The first-order chi connectivity index (χ1) is 8.58. The van der Waals surface area contributed by atoms with Gasteiger partial charge < -0.3 is 9.84 Å². The Morgan fingerprint density at radius 1 is 1.44 bits per heavy atom. The molecule has 0 saturated carbocycles. The molecular weight excluding hydrogens is 252 g/mol. The number of aliphatic carboxylic acids is 1. The molecular formula is C12H16N2O3S. The van der Waals surface area contributed by atoms with Gasteiger partial charge in [0.15, 0.2) is 5.82 Å². The summed E-state index contributed by atoms with van der Waals surface area (Å²) in [6.07, 6.45) is -0.0990. The number of rotatable bonds is 3. The van der Waals surface area contributed by atoms with Crippen LogP contribution < -0.4 is 0 Å². The van der Waals surface area contributed by atoms with E-state index in [1.165, 1.54) is 0 Å². The van der Waals surface area contributed by atoms with Gasteiger partial charge in [0.25, 0.3) is 0 Å². The van der Waals surface area contributed by atoms with Gasteiger partial charge in [-0.05, 0) is 13.8 Å². The second-order valence-corrected chi connectivity index (χ2v) is 5.39. The lowest BCUT2D eigenvalue weighted by Crippen LogP contribution is -2.20. The zero-order valence-corrected chi connectivity index (χ0v) is 11.3. The molecule has 5 nitrogen and oxygen atoms in total. The van der Waals surface area contributed by atoms with Crippen LogP contribution in [0, 0.1) is 13.8 Å². The molecule has 18 heavy (non-hydrogen) atoms. The van der Waals surface area contributed by atoms with Crippen LogP contribution in [0.1, 0.15) is 28.9 Å². The zero-order chi connectivity index (χ0) is 13.1. The monoisotopic (exact) mass is 268 g/mol. The number of carboxylic acid groups (broad SMARTS) is 1. The Bertz CT molecular complexity index is 436. The van der Waals surface area contributed by atoms with Crippen LogP contribution in [-0.4, -0.2) is 39.2 Å². The molecule has 0 aromatic carbocycles. The molecule has 1 atom stereocenters. The van der Waals surface area contributed by atoms with Crippen molar-refractivity contribution in [3.63, 3.8) is 0 Å². The maximum Gasteiger partial charge on any atom is 0.307 e. The molecule has 0 spiro atoms. The van der Waals surface area contributed by atoms with Crippen molar-refractivity contribution in [2.24, 2.45) is 0 Å². The van der Waals surface area contributed by atoms with E-state index in [1.54, 1.807) is 0 Å². The van der Waals surface area contributed by atoms with Gasteiger partial charge in [-0.3, -0.25) is 4.79 Å². The number of ether oxygens (including phenoxy) is 1. The molecule has 2 heterocycles. The molecule has 0 amide bonds. The van der Waals surface area contributed by atoms with E-state index < -0.39 is 5.97 Å². The van der Waals surface area contributed by atoms with Gasteiger partial charge in [-0.25, -0.2) is 9.97 Å². The molecule has 0 bridgehead atoms. The molecule has 1 fully saturated rings. The summed E-state index contributed by atoms with van der Waals surface area (Å²) in [7, 11) is 0. The highest BCUT2D eigenvalue weighted by Crippen LogP contribution is 2.25. The highest BCUT2D eigenvalue weighted by molar-refractivity contribution is 7.99. The summed E-state index contributed by atoms with van der Waals surface area (Å²) in [6.45, 7) is 4.37. The van der Waals surface area contributed by atoms with Gasteiger partial charge in [0.05, 0.1) is 13.0 Å². The van der Waals surface area contributed by atoms with E-state index in [2.05, 4.69) is 9.97 Å². The van der Waals surface area contributed by atoms with Crippen LogP contribution in [-0.2, 0) is 16.0 Å². The molecule has 0 radical (unpaired) electrons. The van der Waals surface area contributed by atoms with Crippen LogP contribution in [0.3, 0.4) is 0 Å². The van der Waals surface area contributed by atoms with E-state index >= 15 is 0 Å². The number of nitrogens with zero attached hydrogens (tertiary/aromatic N) is 2. The average Bonchev–Trinajstić information content (AvgIpc) is 2.34. The maximum atomic E-state index is 10.8. The van der Waals surface area contributed by atoms with Gasteiger partial charge in [0.2, 0.25) is 0 Å². The lowest BCUT2D eigenvalue weighted by Gasteiger charge is -2.22. The minimum Gasteiger partial charge on any atom is -0.481 e. The molecule has 1 unspecified atom stereocenters. The van der Waals surface area contributed by atoms with Gasteiger partial charge >= 0.3 is 5.97 Å². The predicted molar refractivity (Wildman–Crippen MR) is 68.9 cm³/mol. The minimum atomic E-state index is -0.859. The Hall–Kier alpha value is -1.14. The molecule has 6 heteroatoms. The first kappa shape index (κ1) is 13.3. The van der Waals surface area contributed by atoms with Gasteiger partial charge in [-0.1, -0.05) is 0 Å². The zero-order valence-electron chi connectivity index (χ0n) is 10.5. The summed E-state index contributed by atoms with van der Waals surface area (Å²) in [4.78, 5) is 19.6. The second kappa shape index (κ2) is 5.67. The van der Waals surface area contributed by atoms with Gasteiger partial charge in [0, 0.05) is 28.5 Å². The first-order valence-electron chi connectivity index (χ1n) is 5.83. The third kappa shape index (κ3) is 3.00. The van der Waals surface area contributed by atoms with Crippen molar-refractivity contribution in [2.45, 2.75) is 26.4 Å². The normalized spacial score (nSPS) is 19.8. The highest BCUT2D eigenvalue weighted by atomic mass is 32.2. The van der Waals surface area contributed by atoms with Crippen LogP contribution in [0.25, 0.3) is 0 Å². The number of carbonyl (C=O) groups is 1. The number of thioether (sulfide) groups is 1. The van der Waals surface area contributed by atoms with Crippen LogP contribution >= 0.6 is 11.8 Å². The number of aromatic nitrogens is 2. The van der Waals surface area contributed by atoms with E-state index in [9.17, 15) is 4.79 Å². The second-order valence-electron chi connectivity index (χ2n) is 4.24. The lowest BCUT2D eigenvalue weighted by molar-refractivity contribution is -0.136. The standard InChI is InChI=1S/C12H16N2O3S/c1-7-9(5-11(15)16)8(2)14-12(13-7)10-6-18-4-3-17-10/h10H,3-6H2,1-2H3,(H,15,16). The third-order valence-electron chi connectivity index (χ3n) is 2.87. The Morgan fingerprint density at radius 2 is 2.11 bits per heavy atom. The SMILES string of the molecule is Cc1nc(C2CSCCO2)nc(C)c1CC(=O)O. The molecule has 1 aliphatic rings. The number of aryl methyl sites for hydroxylation is 2. The summed E-state index contributed by atoms with van der Waals surface area (Å²) in [5.74, 6) is 1.68. The Labute approximate surface area is 110 Å². The van der Waals surface area contributed by atoms with Crippen LogP contribution in [0.4, 0.5) is 0 Å². The average molecular weight is 268 g/mol. The highest BCUT2D eigenvalue weighted by Gasteiger charge is 2.21. The first-order valence-corrected chi connectivity index (χ1v) is 6.98. The molecule has 1 N–H and O–H groups in total. The maximum absolute atomic E-state index is 10.8. The van der Waals surface area contributed by atoms with Crippen molar-refractivity contribution in [2.75, 3.05) is 18.1 Å². The predicted octanol–water partition coefficient (Wildman–Crippen LogP) is 1.53. The van der Waals surface area contributed by atoms with Crippen molar-refractivity contribution in [1.29, 1.82) is 0 Å². The molecule has 1 aromatic rings. The fraction of sp³-hybridized carbons (Fsp3) is 0.583. The van der Waals surface area contributed by atoms with E-state index in [1.807, 2.05) is 25.6 Å². The topological polar surface area (TPSA) is 72.3 Å². The van der Waals surface area contributed by atoms with Crippen molar-refractivity contribution >= 4 is 17.7 Å². The fourth-order valence-corrected chi connectivity index (χ4v) is 2.79. The number of hydrogen-bond donors (Lipinski definition) is 1. The lowest BCUT2D eigenvalue weighted by atomic mass is 10.1. The summed E-state index contributed by atoms with van der Waals surface area (Å²) in [6, 6.07) is 0. The molecule has 2 rings (SSSR count). The van der Waals surface area contributed by atoms with Crippen LogP contribution in [0.2, 0.25) is 0 Å². The quantitative estimate of drug-likeness (QED) is 0.896. The molecule has 1 aliphatic heterocycles. The van der Waals surface area contributed by atoms with Crippen LogP contribution in [0.15, 0.2) is 0 Å². The Morgan fingerprint density at radius 3 is 2.61 bits per heavy atom. The summed E-state index contributed by atoms with van der Waals surface area (Å²) >= 11 is 1.83. The summed E-state index contributed by atoms with van der Waals surface area (Å²) in [5, 5.41) is 8.85. The fourth-order valence-electron chi connectivity index (χ4n) is 1.95. The summed E-state index contributed by atoms with van der Waals surface area (Å²) in [5.41, 5.74) is 2.17. The molecule has 0 aliphatic carbocycles. The van der Waals surface area contributed by atoms with Gasteiger partial charge in [0.1, 0.15) is 6.10 Å². The van der Waals surface area contributed by atoms with Gasteiger partial charge in [-0.2, -0.15) is 11.8 Å². The smallest absolute Gasteiger partial charge is 0.307 e.